The number of aromatic amines is 1. The van der Waals surface area contributed by atoms with Crippen LogP contribution in [0.1, 0.15) is 44.3 Å². The number of alkyl halides is 3. The van der Waals surface area contributed by atoms with Gasteiger partial charge in [-0.3, -0.25) is 4.79 Å². The van der Waals surface area contributed by atoms with Crippen LogP contribution >= 0.6 is 11.8 Å². The normalized spacial score (nSPS) is 23.2. The third-order valence-corrected chi connectivity index (χ3v) is 7.08. The van der Waals surface area contributed by atoms with Gasteiger partial charge in [0.1, 0.15) is 23.1 Å². The van der Waals surface area contributed by atoms with Crippen LogP contribution in [0.4, 0.5) is 23.2 Å². The summed E-state index contributed by atoms with van der Waals surface area (Å²) in [7, 11) is 0. The van der Waals surface area contributed by atoms with Crippen LogP contribution in [0.3, 0.4) is 0 Å². The smallest absolute Gasteiger partial charge is 0.382 e. The zero-order valence-corrected chi connectivity index (χ0v) is 17.1. The highest BCUT2D eigenvalue weighted by atomic mass is 32.2. The van der Waals surface area contributed by atoms with Gasteiger partial charge in [-0.25, -0.2) is 9.37 Å². The Kier molecular flexibility index (Phi) is 6.24. The van der Waals surface area contributed by atoms with Gasteiger partial charge in [0, 0.05) is 17.0 Å². The molecule has 0 radical (unpaired) electrons. The van der Waals surface area contributed by atoms with Crippen molar-refractivity contribution in [3.8, 4) is 0 Å². The molecule has 2 heterocycles. The van der Waals surface area contributed by atoms with E-state index >= 15 is 0 Å². The van der Waals surface area contributed by atoms with Gasteiger partial charge in [0.15, 0.2) is 0 Å². The molecule has 4 rings (SSSR count). The first kappa shape index (κ1) is 21.4. The van der Waals surface area contributed by atoms with Crippen LogP contribution in [-0.2, 0) is 5.75 Å². The fraction of sp³-hybridized carbons (Fsp3) is 0.600. The van der Waals surface area contributed by atoms with Crippen LogP contribution in [0.25, 0.3) is 10.9 Å². The molecule has 10 heteroatoms. The highest BCUT2D eigenvalue weighted by Crippen LogP contribution is 2.32. The minimum atomic E-state index is -4.27. The molecule has 30 heavy (non-hydrogen) atoms. The number of hydrogen-bond acceptors (Lipinski definition) is 5. The number of fused-ring (bicyclic) bond motifs is 1. The average Bonchev–Trinajstić information content (AvgIpc) is 3.18. The van der Waals surface area contributed by atoms with Gasteiger partial charge in [0.25, 0.3) is 5.56 Å². The summed E-state index contributed by atoms with van der Waals surface area (Å²) in [6, 6.07) is 1.77. The lowest BCUT2D eigenvalue weighted by atomic mass is 10.0. The molecule has 1 aliphatic heterocycles. The molecule has 1 aliphatic carbocycles. The van der Waals surface area contributed by atoms with Crippen molar-refractivity contribution >= 4 is 28.4 Å². The van der Waals surface area contributed by atoms with E-state index in [1.807, 2.05) is 0 Å². The van der Waals surface area contributed by atoms with Crippen LogP contribution in [-0.4, -0.2) is 40.0 Å². The zero-order chi connectivity index (χ0) is 21.3. The van der Waals surface area contributed by atoms with Crippen LogP contribution in [0, 0.1) is 5.82 Å². The number of thioether (sulfide) groups is 1. The first-order chi connectivity index (χ1) is 14.3. The van der Waals surface area contributed by atoms with Crippen molar-refractivity contribution in [1.82, 2.24) is 15.3 Å². The summed E-state index contributed by atoms with van der Waals surface area (Å²) in [5.74, 6) is -0.0215. The maximum Gasteiger partial charge on any atom is 0.403 e. The van der Waals surface area contributed by atoms with Gasteiger partial charge in [-0.2, -0.15) is 24.9 Å². The third kappa shape index (κ3) is 4.91. The fourth-order valence-corrected chi connectivity index (χ4v) is 5.35. The van der Waals surface area contributed by atoms with Crippen molar-refractivity contribution in [3.63, 3.8) is 0 Å². The van der Waals surface area contributed by atoms with E-state index in [1.165, 1.54) is 17.8 Å². The number of rotatable bonds is 5. The number of hydrogen-bond donors (Lipinski definition) is 3. The highest BCUT2D eigenvalue weighted by molar-refractivity contribution is 7.99. The molecule has 0 spiro atoms. The van der Waals surface area contributed by atoms with Crippen molar-refractivity contribution in [2.75, 3.05) is 11.9 Å². The molecule has 0 bridgehead atoms. The summed E-state index contributed by atoms with van der Waals surface area (Å²) < 4.78 is 53.4. The number of halogens is 4. The summed E-state index contributed by atoms with van der Waals surface area (Å²) in [6.07, 6.45) is 0.654. The second kappa shape index (κ2) is 8.74. The van der Waals surface area contributed by atoms with Crippen LogP contribution in [0.15, 0.2) is 16.9 Å². The van der Waals surface area contributed by atoms with Crippen LogP contribution in [0.2, 0.25) is 0 Å². The second-order valence-electron chi connectivity index (χ2n) is 8.00. The van der Waals surface area contributed by atoms with Gasteiger partial charge in [0.2, 0.25) is 0 Å². The van der Waals surface area contributed by atoms with E-state index in [1.54, 1.807) is 6.07 Å². The lowest BCUT2D eigenvalue weighted by molar-refractivity contribution is -0.159. The quantitative estimate of drug-likeness (QED) is 0.599. The summed E-state index contributed by atoms with van der Waals surface area (Å²) in [6.45, 7) is 0.297. The lowest BCUT2D eigenvalue weighted by Gasteiger charge is -2.31. The molecule has 2 aromatic rings. The van der Waals surface area contributed by atoms with Gasteiger partial charge < -0.3 is 15.6 Å². The lowest BCUT2D eigenvalue weighted by Crippen LogP contribution is -2.48. The van der Waals surface area contributed by atoms with E-state index < -0.39 is 23.6 Å². The third-order valence-electron chi connectivity index (χ3n) is 5.74. The molecule has 2 fully saturated rings. The first-order valence-corrected chi connectivity index (χ1v) is 11.2. The van der Waals surface area contributed by atoms with Crippen molar-refractivity contribution in [3.05, 3.63) is 34.1 Å². The molecule has 1 aromatic heterocycles. The van der Waals surface area contributed by atoms with Crippen LogP contribution in [0.5, 0.6) is 0 Å². The Morgan fingerprint density at radius 3 is 2.70 bits per heavy atom. The van der Waals surface area contributed by atoms with E-state index in [0.717, 1.165) is 25.7 Å². The molecule has 0 amide bonds. The maximum absolute atomic E-state index is 14.5. The maximum atomic E-state index is 14.5. The zero-order valence-electron chi connectivity index (χ0n) is 16.3. The summed E-state index contributed by atoms with van der Waals surface area (Å²) in [4.78, 5) is 19.4. The van der Waals surface area contributed by atoms with E-state index in [9.17, 15) is 22.4 Å². The molecular weight excluding hydrogens is 420 g/mol. The average molecular weight is 444 g/mol. The molecule has 2 unspecified atom stereocenters. The Morgan fingerprint density at radius 1 is 1.20 bits per heavy atom. The van der Waals surface area contributed by atoms with Crippen molar-refractivity contribution in [2.45, 2.75) is 67.8 Å². The molecule has 5 nitrogen and oxygen atoms in total. The topological polar surface area (TPSA) is 69.8 Å². The Balaban J connectivity index is 1.49. The number of nitrogens with one attached hydrogen (secondary N) is 3. The SMILES string of the molecule is O=c1[nH]c(CSC2CCNC(C(F)(F)F)C2)nc2cc(NC3CCCC3)cc(F)c12. The van der Waals surface area contributed by atoms with Crippen molar-refractivity contribution in [2.24, 2.45) is 0 Å². The molecule has 2 aliphatic rings. The Hall–Kier alpha value is -1.81. The molecule has 1 saturated heterocycles. The standard InChI is InChI=1S/C20H24F4N4OS/c21-14-7-12(26-11-3-1-2-4-11)8-15-18(14)19(29)28-17(27-15)10-30-13-5-6-25-16(9-13)20(22,23)24/h7-8,11,13,16,25-26H,1-6,9-10H2,(H,27,28,29). The largest absolute Gasteiger partial charge is 0.403 e. The molecule has 2 atom stereocenters. The highest BCUT2D eigenvalue weighted by Gasteiger charge is 2.42. The molecule has 164 valence electrons. The van der Waals surface area contributed by atoms with Gasteiger partial charge in [0.05, 0.1) is 11.3 Å². The minimum Gasteiger partial charge on any atom is -0.382 e. The van der Waals surface area contributed by atoms with Gasteiger partial charge >= 0.3 is 6.18 Å². The van der Waals surface area contributed by atoms with Gasteiger partial charge in [-0.05, 0) is 44.4 Å². The van der Waals surface area contributed by atoms with Crippen LogP contribution < -0.4 is 16.2 Å². The molecule has 1 saturated carbocycles. The summed E-state index contributed by atoms with van der Waals surface area (Å²) in [5.41, 5.74) is 0.280. The predicted octanol–water partition coefficient (Wildman–Crippen LogP) is 4.33. The fourth-order valence-electron chi connectivity index (χ4n) is 4.21. The van der Waals surface area contributed by atoms with E-state index in [-0.39, 0.29) is 28.3 Å². The summed E-state index contributed by atoms with van der Waals surface area (Å²) >= 11 is 1.34. The Morgan fingerprint density at radius 2 is 1.97 bits per heavy atom. The Labute approximate surface area is 175 Å². The van der Waals surface area contributed by atoms with Crippen molar-refractivity contribution < 1.29 is 17.6 Å². The number of benzene rings is 1. The second-order valence-corrected chi connectivity index (χ2v) is 9.28. The number of nitrogens with zero attached hydrogens (tertiary/aromatic N) is 1. The number of H-pyrrole nitrogens is 1. The molecule has 1 aromatic carbocycles. The number of aromatic nitrogens is 2. The summed E-state index contributed by atoms with van der Waals surface area (Å²) in [5, 5.41) is 5.52. The molecule has 3 N–H and O–H groups in total. The molecular formula is C20H24F4N4OS. The minimum absolute atomic E-state index is 0.0178. The Bertz CT molecular complexity index is 958. The number of piperidine rings is 1. The van der Waals surface area contributed by atoms with E-state index in [2.05, 4.69) is 20.6 Å². The van der Waals surface area contributed by atoms with Crippen molar-refractivity contribution in [1.29, 1.82) is 0 Å². The van der Waals surface area contributed by atoms with E-state index in [4.69, 9.17) is 0 Å². The first-order valence-electron chi connectivity index (χ1n) is 10.2. The predicted molar refractivity (Wildman–Crippen MR) is 110 cm³/mol. The van der Waals surface area contributed by atoms with E-state index in [0.29, 0.717) is 30.5 Å². The van der Waals surface area contributed by atoms with Gasteiger partial charge in [-0.1, -0.05) is 12.8 Å². The monoisotopic (exact) mass is 444 g/mol. The number of anilines is 1. The van der Waals surface area contributed by atoms with Gasteiger partial charge in [-0.15, -0.1) is 0 Å².